The maximum Gasteiger partial charge on any atom is 0.275 e. The van der Waals surface area contributed by atoms with Gasteiger partial charge in [0.05, 0.1) is 11.0 Å². The normalized spacial score (nSPS) is 10.3. The zero-order valence-electron chi connectivity index (χ0n) is 10.5. The monoisotopic (exact) mass is 340 g/mol. The molecule has 2 rings (SSSR count). The van der Waals surface area contributed by atoms with E-state index in [0.717, 1.165) is 16.1 Å². The molecule has 0 unspecified atom stereocenters. The standard InChI is InChI=1S/C13H10BrFN2O3/c1-8-2-13(11(15)4-12(8)17(18)19)20-7-9-3-10(14)6-16-5-9/h2-6H,7H2,1H3. The molecule has 104 valence electrons. The van der Waals surface area contributed by atoms with Gasteiger partial charge in [-0.15, -0.1) is 0 Å². The summed E-state index contributed by atoms with van der Waals surface area (Å²) in [6.45, 7) is 1.66. The van der Waals surface area contributed by atoms with Crippen LogP contribution < -0.4 is 4.74 Å². The van der Waals surface area contributed by atoms with E-state index in [4.69, 9.17) is 4.74 Å². The summed E-state index contributed by atoms with van der Waals surface area (Å²) < 4.78 is 19.8. The average Bonchev–Trinajstić information content (AvgIpc) is 2.39. The highest BCUT2D eigenvalue weighted by Gasteiger charge is 2.16. The van der Waals surface area contributed by atoms with Gasteiger partial charge in [-0.2, -0.15) is 0 Å². The van der Waals surface area contributed by atoms with Gasteiger partial charge < -0.3 is 4.74 Å². The van der Waals surface area contributed by atoms with Crippen molar-refractivity contribution >= 4 is 21.6 Å². The summed E-state index contributed by atoms with van der Waals surface area (Å²) in [5, 5.41) is 10.7. The Morgan fingerprint density at radius 3 is 2.80 bits per heavy atom. The molecule has 7 heteroatoms. The molecular weight excluding hydrogens is 331 g/mol. The number of hydrogen-bond donors (Lipinski definition) is 0. The van der Waals surface area contributed by atoms with Crippen molar-refractivity contribution in [1.29, 1.82) is 0 Å². The number of halogens is 2. The Morgan fingerprint density at radius 2 is 2.15 bits per heavy atom. The van der Waals surface area contributed by atoms with Crippen LogP contribution in [0.2, 0.25) is 0 Å². The van der Waals surface area contributed by atoms with Crippen LogP contribution in [0.3, 0.4) is 0 Å². The lowest BCUT2D eigenvalue weighted by molar-refractivity contribution is -0.385. The zero-order valence-corrected chi connectivity index (χ0v) is 12.1. The number of benzene rings is 1. The molecule has 20 heavy (non-hydrogen) atoms. The summed E-state index contributed by atoms with van der Waals surface area (Å²) in [6, 6.07) is 3.98. The molecule has 5 nitrogen and oxygen atoms in total. The van der Waals surface area contributed by atoms with Crippen LogP contribution >= 0.6 is 15.9 Å². The van der Waals surface area contributed by atoms with E-state index in [1.807, 2.05) is 0 Å². The molecule has 0 amide bonds. The number of ether oxygens (including phenoxy) is 1. The van der Waals surface area contributed by atoms with Gasteiger partial charge in [-0.3, -0.25) is 15.1 Å². The lowest BCUT2D eigenvalue weighted by Gasteiger charge is -2.08. The predicted octanol–water partition coefficient (Wildman–Crippen LogP) is 3.78. The largest absolute Gasteiger partial charge is 0.486 e. The smallest absolute Gasteiger partial charge is 0.275 e. The maximum absolute atomic E-state index is 13.7. The second kappa shape index (κ2) is 5.96. The summed E-state index contributed by atoms with van der Waals surface area (Å²) in [6.07, 6.45) is 3.22. The van der Waals surface area contributed by atoms with Crippen molar-refractivity contribution in [2.45, 2.75) is 13.5 Å². The summed E-state index contributed by atoms with van der Waals surface area (Å²) >= 11 is 3.27. The molecule has 0 atom stereocenters. The van der Waals surface area contributed by atoms with Crippen molar-refractivity contribution in [3.8, 4) is 5.75 Å². The molecule has 2 aromatic rings. The second-order valence-corrected chi connectivity index (χ2v) is 5.04. The number of nitrogens with zero attached hydrogens (tertiary/aromatic N) is 2. The molecule has 0 radical (unpaired) electrons. The highest BCUT2D eigenvalue weighted by Crippen LogP contribution is 2.27. The van der Waals surface area contributed by atoms with Gasteiger partial charge in [0.25, 0.3) is 5.69 Å². The fourth-order valence-electron chi connectivity index (χ4n) is 1.65. The third-order valence-corrected chi connectivity index (χ3v) is 3.04. The van der Waals surface area contributed by atoms with Crippen molar-refractivity contribution < 1.29 is 14.1 Å². The van der Waals surface area contributed by atoms with Crippen LogP contribution in [0, 0.1) is 22.9 Å². The van der Waals surface area contributed by atoms with Crippen molar-refractivity contribution in [3.63, 3.8) is 0 Å². The van der Waals surface area contributed by atoms with E-state index < -0.39 is 10.7 Å². The van der Waals surface area contributed by atoms with Crippen LogP contribution in [0.1, 0.15) is 11.1 Å². The summed E-state index contributed by atoms with van der Waals surface area (Å²) in [4.78, 5) is 14.0. The quantitative estimate of drug-likeness (QED) is 0.627. The lowest BCUT2D eigenvalue weighted by Crippen LogP contribution is -2.00. The fourth-order valence-corrected chi connectivity index (χ4v) is 2.06. The lowest BCUT2D eigenvalue weighted by atomic mass is 10.2. The van der Waals surface area contributed by atoms with Crippen molar-refractivity contribution in [3.05, 3.63) is 62.1 Å². The van der Waals surface area contributed by atoms with Crippen molar-refractivity contribution in [2.75, 3.05) is 0 Å². The van der Waals surface area contributed by atoms with Gasteiger partial charge in [-0.1, -0.05) is 0 Å². The first-order valence-electron chi connectivity index (χ1n) is 5.64. The van der Waals surface area contributed by atoms with Crippen LogP contribution in [0.25, 0.3) is 0 Å². The van der Waals surface area contributed by atoms with E-state index in [9.17, 15) is 14.5 Å². The molecule has 0 saturated heterocycles. The molecular formula is C13H10BrFN2O3. The highest BCUT2D eigenvalue weighted by molar-refractivity contribution is 9.10. The Bertz CT molecular complexity index is 664. The third kappa shape index (κ3) is 3.30. The fraction of sp³-hybridized carbons (Fsp3) is 0.154. The minimum Gasteiger partial charge on any atom is -0.486 e. The van der Waals surface area contributed by atoms with E-state index in [1.54, 1.807) is 18.5 Å². The van der Waals surface area contributed by atoms with Crippen LogP contribution in [0.15, 0.2) is 35.1 Å². The van der Waals surface area contributed by atoms with Gasteiger partial charge in [0.1, 0.15) is 6.61 Å². The van der Waals surface area contributed by atoms with Crippen LogP contribution in [0.4, 0.5) is 10.1 Å². The first kappa shape index (κ1) is 14.4. The second-order valence-electron chi connectivity index (χ2n) is 4.13. The number of aryl methyl sites for hydroxylation is 1. The molecule has 1 aromatic carbocycles. The first-order valence-corrected chi connectivity index (χ1v) is 6.43. The van der Waals surface area contributed by atoms with Gasteiger partial charge in [0.15, 0.2) is 11.6 Å². The van der Waals surface area contributed by atoms with E-state index in [-0.39, 0.29) is 18.0 Å². The Balaban J connectivity index is 2.18. The van der Waals surface area contributed by atoms with Crippen LogP contribution in [-0.4, -0.2) is 9.91 Å². The Morgan fingerprint density at radius 1 is 1.40 bits per heavy atom. The highest BCUT2D eigenvalue weighted by atomic mass is 79.9. The SMILES string of the molecule is Cc1cc(OCc2cncc(Br)c2)c(F)cc1[N+](=O)[O-]. The summed E-state index contributed by atoms with van der Waals surface area (Å²) in [5.74, 6) is -0.779. The molecule has 1 heterocycles. The van der Waals surface area contributed by atoms with Crippen LogP contribution in [-0.2, 0) is 6.61 Å². The predicted molar refractivity (Wildman–Crippen MR) is 74.1 cm³/mol. The van der Waals surface area contributed by atoms with E-state index in [0.29, 0.717) is 5.56 Å². The number of pyridine rings is 1. The van der Waals surface area contributed by atoms with E-state index >= 15 is 0 Å². The number of nitro benzene ring substituents is 1. The molecule has 0 aliphatic heterocycles. The molecule has 0 spiro atoms. The molecule has 0 aliphatic carbocycles. The Labute approximate surface area is 122 Å². The van der Waals surface area contributed by atoms with Crippen molar-refractivity contribution in [2.24, 2.45) is 0 Å². The third-order valence-electron chi connectivity index (χ3n) is 2.60. The maximum atomic E-state index is 13.7. The number of rotatable bonds is 4. The molecule has 0 aliphatic rings. The van der Waals surface area contributed by atoms with Gasteiger partial charge in [0.2, 0.25) is 0 Å². The topological polar surface area (TPSA) is 65.3 Å². The first-order chi connectivity index (χ1) is 9.47. The van der Waals surface area contributed by atoms with Gasteiger partial charge in [0, 0.05) is 28.0 Å². The van der Waals surface area contributed by atoms with Crippen molar-refractivity contribution in [1.82, 2.24) is 4.98 Å². The molecule has 1 aromatic heterocycles. The summed E-state index contributed by atoms with van der Waals surface area (Å²) in [7, 11) is 0. The van der Waals surface area contributed by atoms with Gasteiger partial charge >= 0.3 is 0 Å². The molecule has 0 N–H and O–H groups in total. The van der Waals surface area contributed by atoms with Crippen LogP contribution in [0.5, 0.6) is 5.75 Å². The summed E-state index contributed by atoms with van der Waals surface area (Å²) in [5.41, 5.74) is 0.840. The Kier molecular flexibility index (Phi) is 4.29. The van der Waals surface area contributed by atoms with Gasteiger partial charge in [-0.05, 0) is 35.0 Å². The zero-order chi connectivity index (χ0) is 14.7. The number of aromatic nitrogens is 1. The average molecular weight is 341 g/mol. The number of hydrogen-bond acceptors (Lipinski definition) is 4. The van der Waals surface area contributed by atoms with E-state index in [1.165, 1.54) is 13.0 Å². The van der Waals surface area contributed by atoms with Gasteiger partial charge in [-0.25, -0.2) is 4.39 Å². The van der Waals surface area contributed by atoms with E-state index in [2.05, 4.69) is 20.9 Å². The molecule has 0 bridgehead atoms. The Hall–Kier alpha value is -2.02. The number of nitro groups is 1. The minimum absolute atomic E-state index is 0.0203. The molecule has 0 fully saturated rings. The minimum atomic E-state index is -0.759. The molecule has 0 saturated carbocycles.